The van der Waals surface area contributed by atoms with Crippen molar-refractivity contribution in [2.75, 3.05) is 13.2 Å². The fourth-order valence-corrected chi connectivity index (χ4v) is 2.07. The molecule has 0 radical (unpaired) electrons. The lowest BCUT2D eigenvalue weighted by Crippen LogP contribution is -2.11. The summed E-state index contributed by atoms with van der Waals surface area (Å²) in [6, 6.07) is 2.11. The molecular weight excluding hydrogens is 238 g/mol. The van der Waals surface area contributed by atoms with E-state index in [9.17, 15) is 0 Å². The van der Waals surface area contributed by atoms with Crippen LogP contribution in [0.1, 0.15) is 63.0 Å². The molecule has 0 aromatic carbocycles. The molecule has 0 fully saturated rings. The van der Waals surface area contributed by atoms with Crippen LogP contribution in [-0.4, -0.2) is 13.2 Å². The van der Waals surface area contributed by atoms with Gasteiger partial charge in [-0.3, -0.25) is 0 Å². The summed E-state index contributed by atoms with van der Waals surface area (Å²) in [5, 5.41) is 3.31. The standard InChI is InChI=1S/C16H29NO2/c1-4-6-7-8-9-10-18-13-16-11-15(12-17-5-2)14(3)19-16/h11,17H,4-10,12-13H2,1-3H3. The van der Waals surface area contributed by atoms with Crippen molar-refractivity contribution in [3.05, 3.63) is 23.2 Å². The maximum absolute atomic E-state index is 5.69. The van der Waals surface area contributed by atoms with Gasteiger partial charge in [-0.05, 0) is 26.0 Å². The first-order valence-electron chi connectivity index (χ1n) is 7.64. The van der Waals surface area contributed by atoms with Gasteiger partial charge >= 0.3 is 0 Å². The van der Waals surface area contributed by atoms with Crippen molar-refractivity contribution in [3.63, 3.8) is 0 Å². The maximum Gasteiger partial charge on any atom is 0.130 e. The molecule has 0 spiro atoms. The highest BCUT2D eigenvalue weighted by Crippen LogP contribution is 2.15. The first-order valence-corrected chi connectivity index (χ1v) is 7.64. The molecule has 3 heteroatoms. The van der Waals surface area contributed by atoms with Crippen LogP contribution in [0.5, 0.6) is 0 Å². The summed E-state index contributed by atoms with van der Waals surface area (Å²) in [6.07, 6.45) is 6.39. The number of hydrogen-bond donors (Lipinski definition) is 1. The Morgan fingerprint density at radius 3 is 2.68 bits per heavy atom. The van der Waals surface area contributed by atoms with Crippen molar-refractivity contribution in [1.29, 1.82) is 0 Å². The average Bonchev–Trinajstić information content (AvgIpc) is 2.76. The molecule has 19 heavy (non-hydrogen) atoms. The van der Waals surface area contributed by atoms with Gasteiger partial charge in [-0.25, -0.2) is 0 Å². The summed E-state index contributed by atoms with van der Waals surface area (Å²) in [5.74, 6) is 1.95. The highest BCUT2D eigenvalue weighted by atomic mass is 16.5. The zero-order valence-electron chi connectivity index (χ0n) is 12.8. The molecule has 1 heterocycles. The number of furan rings is 1. The molecule has 3 nitrogen and oxygen atoms in total. The van der Waals surface area contributed by atoms with Crippen LogP contribution in [0.4, 0.5) is 0 Å². The maximum atomic E-state index is 5.69. The number of hydrogen-bond acceptors (Lipinski definition) is 3. The number of aryl methyl sites for hydroxylation is 1. The van der Waals surface area contributed by atoms with Crippen LogP contribution >= 0.6 is 0 Å². The van der Waals surface area contributed by atoms with Crippen molar-refractivity contribution in [2.45, 2.75) is 66.0 Å². The Labute approximate surface area is 117 Å². The van der Waals surface area contributed by atoms with E-state index in [0.29, 0.717) is 6.61 Å². The molecule has 0 aliphatic heterocycles. The Morgan fingerprint density at radius 1 is 1.16 bits per heavy atom. The first kappa shape index (κ1) is 16.3. The van der Waals surface area contributed by atoms with Crippen molar-refractivity contribution in [1.82, 2.24) is 5.32 Å². The van der Waals surface area contributed by atoms with E-state index in [0.717, 1.165) is 37.6 Å². The summed E-state index contributed by atoms with van der Waals surface area (Å²) < 4.78 is 11.4. The van der Waals surface area contributed by atoms with Crippen molar-refractivity contribution in [3.8, 4) is 0 Å². The number of nitrogens with one attached hydrogen (secondary N) is 1. The van der Waals surface area contributed by atoms with E-state index in [-0.39, 0.29) is 0 Å². The van der Waals surface area contributed by atoms with E-state index in [4.69, 9.17) is 9.15 Å². The number of ether oxygens (including phenoxy) is 1. The fraction of sp³-hybridized carbons (Fsp3) is 0.750. The van der Waals surface area contributed by atoms with Gasteiger partial charge in [0.25, 0.3) is 0 Å². The Bertz CT molecular complexity index is 333. The van der Waals surface area contributed by atoms with Gasteiger partial charge in [-0.15, -0.1) is 0 Å². The summed E-state index contributed by atoms with van der Waals surface area (Å²) in [6.45, 7) is 9.66. The molecule has 110 valence electrons. The molecule has 0 atom stereocenters. The van der Waals surface area contributed by atoms with Gasteiger partial charge in [0.2, 0.25) is 0 Å². The molecule has 0 saturated heterocycles. The third-order valence-corrected chi connectivity index (χ3v) is 3.27. The van der Waals surface area contributed by atoms with Gasteiger partial charge < -0.3 is 14.5 Å². The monoisotopic (exact) mass is 267 g/mol. The molecule has 0 amide bonds. The van der Waals surface area contributed by atoms with E-state index < -0.39 is 0 Å². The molecule has 0 saturated carbocycles. The van der Waals surface area contributed by atoms with Gasteiger partial charge in [0.15, 0.2) is 0 Å². The zero-order chi connectivity index (χ0) is 13.9. The van der Waals surface area contributed by atoms with Gasteiger partial charge in [0.1, 0.15) is 18.1 Å². The summed E-state index contributed by atoms with van der Waals surface area (Å²) >= 11 is 0. The van der Waals surface area contributed by atoms with Crippen molar-refractivity contribution < 1.29 is 9.15 Å². The molecule has 0 aliphatic rings. The predicted octanol–water partition coefficient (Wildman–Crippen LogP) is 4.18. The first-order chi connectivity index (χ1) is 9.27. The molecular formula is C16H29NO2. The van der Waals surface area contributed by atoms with Crippen LogP contribution in [0.3, 0.4) is 0 Å². The molecule has 0 bridgehead atoms. The van der Waals surface area contributed by atoms with E-state index in [1.54, 1.807) is 0 Å². The second kappa shape index (κ2) is 10.0. The van der Waals surface area contributed by atoms with E-state index in [1.165, 1.54) is 31.2 Å². The van der Waals surface area contributed by atoms with E-state index >= 15 is 0 Å². The summed E-state index contributed by atoms with van der Waals surface area (Å²) in [5.41, 5.74) is 1.24. The molecule has 1 aromatic heterocycles. The molecule has 0 unspecified atom stereocenters. The third kappa shape index (κ3) is 6.79. The zero-order valence-corrected chi connectivity index (χ0v) is 12.8. The highest BCUT2D eigenvalue weighted by molar-refractivity contribution is 5.20. The SMILES string of the molecule is CCCCCCCOCc1cc(CNCC)c(C)o1. The van der Waals surface area contributed by atoms with Crippen LogP contribution in [-0.2, 0) is 17.9 Å². The fourth-order valence-electron chi connectivity index (χ4n) is 2.07. The Hall–Kier alpha value is -0.800. The Kier molecular flexibility index (Phi) is 8.59. The quantitative estimate of drug-likeness (QED) is 0.611. The van der Waals surface area contributed by atoms with Crippen LogP contribution in [0.25, 0.3) is 0 Å². The van der Waals surface area contributed by atoms with Gasteiger partial charge in [0, 0.05) is 18.7 Å². The highest BCUT2D eigenvalue weighted by Gasteiger charge is 2.06. The number of rotatable bonds is 11. The van der Waals surface area contributed by atoms with Crippen LogP contribution in [0, 0.1) is 6.92 Å². The second-order valence-corrected chi connectivity index (χ2v) is 5.04. The minimum absolute atomic E-state index is 0.598. The molecule has 1 N–H and O–H groups in total. The number of unbranched alkanes of at least 4 members (excludes halogenated alkanes) is 4. The molecule has 0 aliphatic carbocycles. The predicted molar refractivity (Wildman–Crippen MR) is 79.2 cm³/mol. The van der Waals surface area contributed by atoms with E-state index in [2.05, 4.69) is 25.2 Å². The van der Waals surface area contributed by atoms with Gasteiger partial charge in [-0.1, -0.05) is 39.5 Å². The van der Waals surface area contributed by atoms with E-state index in [1.807, 2.05) is 6.92 Å². The van der Waals surface area contributed by atoms with Crippen LogP contribution in [0.2, 0.25) is 0 Å². The van der Waals surface area contributed by atoms with Gasteiger partial charge in [0.05, 0.1) is 0 Å². The third-order valence-electron chi connectivity index (χ3n) is 3.27. The second-order valence-electron chi connectivity index (χ2n) is 5.04. The minimum Gasteiger partial charge on any atom is -0.464 e. The smallest absolute Gasteiger partial charge is 0.130 e. The summed E-state index contributed by atoms with van der Waals surface area (Å²) in [7, 11) is 0. The minimum atomic E-state index is 0.598. The lowest BCUT2D eigenvalue weighted by molar-refractivity contribution is 0.102. The molecule has 1 aromatic rings. The lowest BCUT2D eigenvalue weighted by atomic mass is 10.2. The topological polar surface area (TPSA) is 34.4 Å². The lowest BCUT2D eigenvalue weighted by Gasteiger charge is -2.01. The van der Waals surface area contributed by atoms with Crippen LogP contribution in [0.15, 0.2) is 10.5 Å². The normalized spacial score (nSPS) is 11.1. The van der Waals surface area contributed by atoms with Crippen LogP contribution < -0.4 is 5.32 Å². The molecule has 1 rings (SSSR count). The Morgan fingerprint density at radius 2 is 1.95 bits per heavy atom. The average molecular weight is 267 g/mol. The van der Waals surface area contributed by atoms with Crippen molar-refractivity contribution in [2.24, 2.45) is 0 Å². The van der Waals surface area contributed by atoms with Gasteiger partial charge in [-0.2, -0.15) is 0 Å². The van der Waals surface area contributed by atoms with Crippen molar-refractivity contribution >= 4 is 0 Å². The largest absolute Gasteiger partial charge is 0.464 e. The summed E-state index contributed by atoms with van der Waals surface area (Å²) in [4.78, 5) is 0. The Balaban J connectivity index is 2.15.